The molecule has 0 unspecified atom stereocenters. The molecule has 4 N–H and O–H groups in total. The number of amides is 4. The van der Waals surface area contributed by atoms with Crippen LogP contribution in [0.2, 0.25) is 0 Å². The second-order valence-electron chi connectivity index (χ2n) is 15.6. The molecule has 3 fully saturated rings. The van der Waals surface area contributed by atoms with E-state index in [1.165, 1.54) is 29.7 Å². The van der Waals surface area contributed by atoms with Gasteiger partial charge in [0, 0.05) is 59.2 Å². The van der Waals surface area contributed by atoms with Gasteiger partial charge in [-0.1, -0.05) is 96.2 Å². The number of carboxylic acid groups (broad SMARTS) is 1. The Morgan fingerprint density at radius 3 is 2.20 bits per heavy atom. The minimum absolute atomic E-state index is 0.0574. The molecular weight excluding hydrogens is 893 g/mol. The summed E-state index contributed by atoms with van der Waals surface area (Å²) < 4.78 is 19.2. The van der Waals surface area contributed by atoms with Crippen molar-refractivity contribution in [1.82, 2.24) is 29.4 Å². The highest BCUT2D eigenvalue weighted by atomic mass is 32.2. The average Bonchev–Trinajstić information content (AvgIpc) is 4.14. The Morgan fingerprint density at radius 1 is 0.970 bits per heavy atom. The van der Waals surface area contributed by atoms with Crippen molar-refractivity contribution in [3.05, 3.63) is 159 Å². The Labute approximate surface area is 383 Å². The molecule has 3 atom stereocenters. The highest BCUT2D eigenvalue weighted by Gasteiger charge is 2.55. The van der Waals surface area contributed by atoms with Gasteiger partial charge in [0.2, 0.25) is 23.0 Å². The Morgan fingerprint density at radius 2 is 1.62 bits per heavy atom. The number of rotatable bonds is 13. The van der Waals surface area contributed by atoms with Crippen LogP contribution in [0.15, 0.2) is 133 Å². The number of aliphatic carboxylic acids is 1. The number of allylic oxidation sites excluding steroid dienone is 1. The SMILES string of the molecule is Cc1oc(=O)oc1COC(=O)N1CC[C@@H](N2CC/C(=C\C3=C(C(=O)O)N4C(=O)[C@@H](NC(=O)/C(=N/OC(c5ccccc5)(c5ccccc5)c5ccccc5)c5nsc(N)n5)[C@H]4SC3)C2=O)C1. The fourth-order valence-corrected chi connectivity index (χ4v) is 10.2. The number of benzene rings is 3. The van der Waals surface area contributed by atoms with Crippen molar-refractivity contribution < 1.29 is 47.5 Å². The second-order valence-corrected chi connectivity index (χ2v) is 17.5. The lowest BCUT2D eigenvalue weighted by Crippen LogP contribution is -2.71. The van der Waals surface area contributed by atoms with Gasteiger partial charge in [-0.15, -0.1) is 11.8 Å². The van der Waals surface area contributed by atoms with Crippen LogP contribution in [0.1, 0.15) is 46.9 Å². The number of oxime groups is 1. The number of carbonyl (C=O) groups excluding carboxylic acids is 4. The number of hydrogen-bond donors (Lipinski definition) is 3. The van der Waals surface area contributed by atoms with E-state index in [2.05, 4.69) is 19.8 Å². The Hall–Kier alpha value is -7.52. The van der Waals surface area contributed by atoms with E-state index in [0.29, 0.717) is 48.2 Å². The molecule has 338 valence electrons. The monoisotopic (exact) mass is 932 g/mol. The van der Waals surface area contributed by atoms with Gasteiger partial charge in [0.25, 0.3) is 11.8 Å². The molecule has 0 bridgehead atoms. The van der Waals surface area contributed by atoms with Gasteiger partial charge in [-0.2, -0.15) is 9.36 Å². The summed E-state index contributed by atoms with van der Waals surface area (Å²) in [5.74, 6) is -3.85. The smallest absolute Gasteiger partial charge is 0.477 e. The van der Waals surface area contributed by atoms with Crippen molar-refractivity contribution in [3.8, 4) is 0 Å². The van der Waals surface area contributed by atoms with Crippen LogP contribution >= 0.6 is 23.3 Å². The zero-order chi connectivity index (χ0) is 46.1. The molecule has 4 aliphatic heterocycles. The first-order chi connectivity index (χ1) is 31.9. The van der Waals surface area contributed by atoms with Gasteiger partial charge in [0.15, 0.2) is 23.3 Å². The fourth-order valence-electron chi connectivity index (χ4n) is 8.48. The lowest BCUT2D eigenvalue weighted by atomic mass is 9.80. The molecule has 21 heteroatoms. The van der Waals surface area contributed by atoms with Gasteiger partial charge in [0.05, 0.1) is 6.04 Å². The number of ether oxygens (including phenoxy) is 1. The molecule has 0 spiro atoms. The van der Waals surface area contributed by atoms with Gasteiger partial charge in [0.1, 0.15) is 17.1 Å². The summed E-state index contributed by atoms with van der Waals surface area (Å²) >= 11 is 2.07. The Kier molecular flexibility index (Phi) is 12.0. The largest absolute Gasteiger partial charge is 0.519 e. The van der Waals surface area contributed by atoms with E-state index in [1.54, 1.807) is 4.90 Å². The molecule has 3 aromatic carbocycles. The predicted molar refractivity (Wildman–Crippen MR) is 237 cm³/mol. The number of likely N-dealkylation sites (tertiary alicyclic amines) is 2. The van der Waals surface area contributed by atoms with E-state index in [1.807, 2.05) is 91.0 Å². The first-order valence-corrected chi connectivity index (χ1v) is 22.5. The maximum absolute atomic E-state index is 14.3. The summed E-state index contributed by atoms with van der Waals surface area (Å²) in [5, 5.41) is 16.9. The number of nitrogens with two attached hydrogens (primary N) is 1. The van der Waals surface area contributed by atoms with E-state index in [-0.39, 0.29) is 70.3 Å². The van der Waals surface area contributed by atoms with Gasteiger partial charge >= 0.3 is 17.9 Å². The number of hydrogen-bond acceptors (Lipinski definition) is 16. The van der Waals surface area contributed by atoms with Crippen LogP contribution in [0.25, 0.3) is 0 Å². The van der Waals surface area contributed by atoms with Crippen LogP contribution in [0, 0.1) is 6.92 Å². The van der Waals surface area contributed by atoms with Crippen LogP contribution in [0.3, 0.4) is 0 Å². The predicted octanol–water partition coefficient (Wildman–Crippen LogP) is 4.00. The third-order valence-electron chi connectivity index (χ3n) is 11.7. The molecular formula is C45H40N8O11S2. The summed E-state index contributed by atoms with van der Waals surface area (Å²) in [5.41, 5.74) is 6.65. The molecule has 3 saturated heterocycles. The van der Waals surface area contributed by atoms with Gasteiger partial charge in [-0.05, 0) is 31.4 Å². The molecule has 0 aliphatic carbocycles. The maximum atomic E-state index is 14.3. The Bertz CT molecular complexity index is 2770. The summed E-state index contributed by atoms with van der Waals surface area (Å²) in [4.78, 5) is 93.9. The lowest BCUT2D eigenvalue weighted by Gasteiger charge is -2.49. The first-order valence-electron chi connectivity index (χ1n) is 20.7. The first kappa shape index (κ1) is 43.7. The molecule has 0 radical (unpaired) electrons. The van der Waals surface area contributed by atoms with Crippen molar-refractivity contribution in [2.24, 2.45) is 5.16 Å². The highest BCUT2D eigenvalue weighted by molar-refractivity contribution is 8.00. The van der Waals surface area contributed by atoms with E-state index in [4.69, 9.17) is 24.1 Å². The average molecular weight is 933 g/mol. The fraction of sp³-hybridized carbons (Fsp3) is 0.267. The highest BCUT2D eigenvalue weighted by Crippen LogP contribution is 2.43. The van der Waals surface area contributed by atoms with Crippen LogP contribution < -0.4 is 16.9 Å². The maximum Gasteiger partial charge on any atom is 0.519 e. The number of β-lactam (4-membered cyclic amide) rings is 1. The van der Waals surface area contributed by atoms with Crippen LogP contribution in [-0.2, 0) is 41.0 Å². The molecule has 0 saturated carbocycles. The van der Waals surface area contributed by atoms with Gasteiger partial charge < -0.3 is 44.4 Å². The number of thioether (sulfide) groups is 1. The number of nitrogens with zero attached hydrogens (tertiary/aromatic N) is 6. The second kappa shape index (κ2) is 18.2. The van der Waals surface area contributed by atoms with Gasteiger partial charge in [-0.3, -0.25) is 19.3 Å². The molecule has 6 heterocycles. The molecule has 4 amide bonds. The van der Waals surface area contributed by atoms with Crippen molar-refractivity contribution >= 4 is 63.9 Å². The minimum atomic E-state index is -1.38. The molecule has 9 rings (SSSR count). The van der Waals surface area contributed by atoms with Crippen LogP contribution in [-0.4, -0.2) is 108 Å². The molecule has 2 aromatic heterocycles. The van der Waals surface area contributed by atoms with Crippen molar-refractivity contribution in [2.75, 3.05) is 31.1 Å². The molecule has 66 heavy (non-hydrogen) atoms. The normalized spacial score (nSPS) is 20.4. The number of fused-ring (bicyclic) bond motifs is 1. The Balaban J connectivity index is 0.922. The molecule has 19 nitrogen and oxygen atoms in total. The van der Waals surface area contributed by atoms with Crippen LogP contribution in [0.4, 0.5) is 9.93 Å². The zero-order valence-corrected chi connectivity index (χ0v) is 36.7. The number of carboxylic acids is 1. The van der Waals surface area contributed by atoms with E-state index >= 15 is 0 Å². The third kappa shape index (κ3) is 8.21. The van der Waals surface area contributed by atoms with Crippen molar-refractivity contribution in [1.29, 1.82) is 0 Å². The number of anilines is 1. The van der Waals surface area contributed by atoms with Crippen molar-refractivity contribution in [2.45, 2.75) is 49.4 Å². The number of aromatic nitrogens is 2. The number of nitrogen functional groups attached to an aromatic ring is 1. The summed E-state index contributed by atoms with van der Waals surface area (Å²) in [6.07, 6.45) is 1.69. The lowest BCUT2D eigenvalue weighted by molar-refractivity contribution is -0.150. The minimum Gasteiger partial charge on any atom is -0.477 e. The number of nitrogens with one attached hydrogen (secondary N) is 1. The van der Waals surface area contributed by atoms with E-state index < -0.39 is 46.7 Å². The quantitative estimate of drug-likeness (QED) is 0.0496. The van der Waals surface area contributed by atoms with Crippen LogP contribution in [0.5, 0.6) is 0 Å². The van der Waals surface area contributed by atoms with E-state index in [0.717, 1.165) is 16.4 Å². The zero-order valence-electron chi connectivity index (χ0n) is 35.0. The molecule has 5 aromatic rings. The topological polar surface area (TPSA) is 253 Å². The standard InChI is InChI=1S/C45H40N8O11S2/c1-25-32(63-44(60)62-25)23-61-43(59)51-19-18-31(22-51)52-20-17-26(38(52)55)21-27-24-65-40-34(39(56)53(40)35(27)41(57)58)47-37(54)33(36-48-42(46)66-50-36)49-64-45(28-11-5-2-6-12-28,29-13-7-3-8-14-29)30-15-9-4-10-16-30/h2-16,21,31,34,40H,17-20,22-24H2,1H3,(H,47,54)(H,57,58)(H2,46,48,50)/b26-21+,49-33+/t31-,34-,40-/m1/s1. The van der Waals surface area contributed by atoms with Gasteiger partial charge in [-0.25, -0.2) is 14.4 Å². The number of aryl methyl sites for hydroxylation is 1. The number of carbonyl (C=O) groups is 5. The third-order valence-corrected chi connectivity index (χ3v) is 13.5. The summed E-state index contributed by atoms with van der Waals surface area (Å²) in [6, 6.07) is 26.6. The summed E-state index contributed by atoms with van der Waals surface area (Å²) in [7, 11) is 0. The van der Waals surface area contributed by atoms with E-state index in [9.17, 15) is 33.9 Å². The summed E-state index contributed by atoms with van der Waals surface area (Å²) in [6.45, 7) is 2.10. The molecule has 4 aliphatic rings. The van der Waals surface area contributed by atoms with Crippen molar-refractivity contribution in [3.63, 3.8) is 0 Å².